The first-order valence-corrected chi connectivity index (χ1v) is 10.9. The second-order valence-electron chi connectivity index (χ2n) is 6.05. The summed E-state index contributed by atoms with van der Waals surface area (Å²) in [7, 11) is -3.61. The number of ether oxygens (including phenoxy) is 2. The van der Waals surface area contributed by atoms with E-state index in [1.54, 1.807) is 30.3 Å². The Hall–Kier alpha value is -2.26. The van der Waals surface area contributed by atoms with Gasteiger partial charge in [0.2, 0.25) is 15.9 Å². The summed E-state index contributed by atoms with van der Waals surface area (Å²) in [5, 5.41) is 2.71. The number of fused-ring (bicyclic) bond motifs is 1. The number of sulfonamides is 1. The Balaban J connectivity index is 1.59. The van der Waals surface area contributed by atoms with Crippen molar-refractivity contribution >= 4 is 37.5 Å². The Morgan fingerprint density at radius 2 is 1.85 bits per heavy atom. The van der Waals surface area contributed by atoms with E-state index in [4.69, 9.17) is 9.47 Å². The van der Waals surface area contributed by atoms with E-state index in [0.29, 0.717) is 23.8 Å². The van der Waals surface area contributed by atoms with Crippen molar-refractivity contribution < 1.29 is 22.7 Å². The highest BCUT2D eigenvalue weighted by molar-refractivity contribution is 9.10. The molecular formula is C18H19BrN2O5S. The summed E-state index contributed by atoms with van der Waals surface area (Å²) in [6, 6.07) is 14.0. The largest absolute Gasteiger partial charge is 0.486 e. The van der Waals surface area contributed by atoms with Crippen molar-refractivity contribution in [3.63, 3.8) is 0 Å². The first-order chi connectivity index (χ1) is 12.8. The second-order valence-corrected chi connectivity index (χ2v) is 8.87. The third-order valence-electron chi connectivity index (χ3n) is 3.90. The van der Waals surface area contributed by atoms with Crippen molar-refractivity contribution in [3.05, 3.63) is 53.0 Å². The molecule has 144 valence electrons. The lowest BCUT2D eigenvalue weighted by molar-refractivity contribution is -0.120. The molecule has 7 nitrogen and oxygen atoms in total. The minimum absolute atomic E-state index is 0.213. The topological polar surface area (TPSA) is 84.9 Å². The summed E-state index contributed by atoms with van der Waals surface area (Å²) < 4.78 is 37.4. The van der Waals surface area contributed by atoms with Crippen LogP contribution in [0.15, 0.2) is 53.0 Å². The number of carbonyl (C=O) groups excluding carboxylic acids is 1. The molecule has 3 rings (SSSR count). The van der Waals surface area contributed by atoms with Gasteiger partial charge < -0.3 is 14.8 Å². The number of benzene rings is 2. The van der Waals surface area contributed by atoms with Gasteiger partial charge in [-0.05, 0) is 36.4 Å². The molecular weight excluding hydrogens is 436 g/mol. The Morgan fingerprint density at radius 3 is 2.52 bits per heavy atom. The fourth-order valence-electron chi connectivity index (χ4n) is 2.59. The van der Waals surface area contributed by atoms with Crippen molar-refractivity contribution in [3.8, 4) is 11.5 Å². The van der Waals surface area contributed by atoms with Gasteiger partial charge in [-0.2, -0.15) is 0 Å². The van der Waals surface area contributed by atoms with Crippen LogP contribution >= 0.6 is 15.9 Å². The highest BCUT2D eigenvalue weighted by atomic mass is 79.9. The molecule has 0 radical (unpaired) electrons. The quantitative estimate of drug-likeness (QED) is 0.722. The number of halogens is 1. The van der Waals surface area contributed by atoms with Crippen LogP contribution in [0.4, 0.5) is 5.69 Å². The molecule has 1 amide bonds. The number of para-hydroxylation sites is 2. The summed E-state index contributed by atoms with van der Waals surface area (Å²) >= 11 is 3.30. The summed E-state index contributed by atoms with van der Waals surface area (Å²) in [4.78, 5) is 12.3. The van der Waals surface area contributed by atoms with E-state index in [9.17, 15) is 13.2 Å². The Labute approximate surface area is 166 Å². The minimum atomic E-state index is -3.61. The zero-order chi connectivity index (χ0) is 19.4. The average molecular weight is 455 g/mol. The molecule has 0 saturated heterocycles. The summed E-state index contributed by atoms with van der Waals surface area (Å²) in [6.07, 6.45) is 0.723. The van der Waals surface area contributed by atoms with Crippen molar-refractivity contribution in [1.82, 2.24) is 5.32 Å². The molecule has 0 fully saturated rings. The van der Waals surface area contributed by atoms with E-state index in [0.717, 1.165) is 15.0 Å². The zero-order valence-corrected chi connectivity index (χ0v) is 17.0. The van der Waals surface area contributed by atoms with Crippen LogP contribution in [0.3, 0.4) is 0 Å². The van der Waals surface area contributed by atoms with Crippen LogP contribution < -0.4 is 19.1 Å². The summed E-state index contributed by atoms with van der Waals surface area (Å²) in [5.74, 6) is 0.861. The molecule has 0 saturated carbocycles. The van der Waals surface area contributed by atoms with Gasteiger partial charge in [0.15, 0.2) is 11.5 Å². The number of carbonyl (C=O) groups is 1. The summed E-state index contributed by atoms with van der Waals surface area (Å²) in [5.41, 5.74) is 0.419. The number of nitrogens with one attached hydrogen (secondary N) is 1. The van der Waals surface area contributed by atoms with Crippen LogP contribution in [0.2, 0.25) is 0 Å². The fraction of sp³-hybridized carbons (Fsp3) is 0.278. The molecule has 9 heteroatoms. The third-order valence-corrected chi connectivity index (χ3v) is 5.57. The molecule has 0 aliphatic carbocycles. The van der Waals surface area contributed by atoms with Gasteiger partial charge in [0.1, 0.15) is 19.3 Å². The van der Waals surface area contributed by atoms with Crippen LogP contribution in [0.25, 0.3) is 0 Å². The smallest absolute Gasteiger partial charge is 0.240 e. The first kappa shape index (κ1) is 19.5. The SMILES string of the molecule is CS(=O)(=O)N(CC(=O)NC[C@H]1COc2ccccc2O1)c1ccc(Br)cc1. The van der Waals surface area contributed by atoms with E-state index in [-0.39, 0.29) is 19.2 Å². The lowest BCUT2D eigenvalue weighted by Crippen LogP contribution is -2.45. The lowest BCUT2D eigenvalue weighted by Gasteiger charge is -2.27. The Kier molecular flexibility index (Phi) is 5.91. The van der Waals surface area contributed by atoms with Crippen molar-refractivity contribution in [1.29, 1.82) is 0 Å². The third kappa shape index (κ3) is 5.14. The summed E-state index contributed by atoms with van der Waals surface area (Å²) in [6.45, 7) is 0.204. The van der Waals surface area contributed by atoms with Crippen LogP contribution in [-0.2, 0) is 14.8 Å². The van der Waals surface area contributed by atoms with E-state index in [1.807, 2.05) is 18.2 Å². The number of hydrogen-bond donors (Lipinski definition) is 1. The molecule has 1 aliphatic rings. The van der Waals surface area contributed by atoms with Gasteiger partial charge in [-0.15, -0.1) is 0 Å². The fourth-order valence-corrected chi connectivity index (χ4v) is 3.71. The average Bonchev–Trinajstić information content (AvgIpc) is 2.64. The van der Waals surface area contributed by atoms with Crippen LogP contribution in [-0.4, -0.2) is 46.4 Å². The molecule has 0 aromatic heterocycles. The van der Waals surface area contributed by atoms with Gasteiger partial charge in [-0.3, -0.25) is 9.10 Å². The standard InChI is InChI=1S/C18H19BrN2O5S/c1-27(23,24)21(14-8-6-13(19)7-9-14)11-18(22)20-10-15-12-25-16-4-2-3-5-17(16)26-15/h2-9,15H,10-12H2,1H3,(H,20,22)/t15-/m0/s1. The van der Waals surface area contributed by atoms with Crippen LogP contribution in [0.5, 0.6) is 11.5 Å². The van der Waals surface area contributed by atoms with E-state index >= 15 is 0 Å². The lowest BCUT2D eigenvalue weighted by atomic mass is 10.2. The van der Waals surface area contributed by atoms with E-state index < -0.39 is 15.9 Å². The van der Waals surface area contributed by atoms with E-state index in [1.165, 1.54) is 0 Å². The maximum absolute atomic E-state index is 12.3. The highest BCUT2D eigenvalue weighted by Crippen LogP contribution is 2.30. The molecule has 2 aromatic rings. The predicted molar refractivity (Wildman–Crippen MR) is 106 cm³/mol. The van der Waals surface area contributed by atoms with Crippen molar-refractivity contribution in [2.45, 2.75) is 6.10 Å². The van der Waals surface area contributed by atoms with E-state index in [2.05, 4.69) is 21.2 Å². The normalized spacial score (nSPS) is 15.9. The molecule has 27 heavy (non-hydrogen) atoms. The van der Waals surface area contributed by atoms with Gasteiger partial charge in [-0.25, -0.2) is 8.42 Å². The Morgan fingerprint density at radius 1 is 1.19 bits per heavy atom. The minimum Gasteiger partial charge on any atom is -0.486 e. The maximum atomic E-state index is 12.3. The predicted octanol–water partition coefficient (Wildman–Crippen LogP) is 2.17. The monoisotopic (exact) mass is 454 g/mol. The second kappa shape index (κ2) is 8.18. The van der Waals surface area contributed by atoms with Crippen LogP contribution in [0.1, 0.15) is 0 Å². The van der Waals surface area contributed by atoms with Crippen molar-refractivity contribution in [2.24, 2.45) is 0 Å². The molecule has 0 bridgehead atoms. The number of hydrogen-bond acceptors (Lipinski definition) is 5. The zero-order valence-electron chi connectivity index (χ0n) is 14.6. The molecule has 0 unspecified atom stereocenters. The molecule has 1 N–H and O–H groups in total. The Bertz CT molecular complexity index is 918. The molecule has 1 heterocycles. The number of nitrogens with zero attached hydrogens (tertiary/aromatic N) is 1. The van der Waals surface area contributed by atoms with Gasteiger partial charge in [0.25, 0.3) is 0 Å². The van der Waals surface area contributed by atoms with Gasteiger partial charge in [0, 0.05) is 4.47 Å². The van der Waals surface area contributed by atoms with Crippen molar-refractivity contribution in [2.75, 3.05) is 30.3 Å². The number of amides is 1. The highest BCUT2D eigenvalue weighted by Gasteiger charge is 2.24. The van der Waals surface area contributed by atoms with Gasteiger partial charge >= 0.3 is 0 Å². The molecule has 2 aromatic carbocycles. The number of rotatable bonds is 6. The van der Waals surface area contributed by atoms with Gasteiger partial charge in [0.05, 0.1) is 18.5 Å². The molecule has 1 atom stereocenters. The van der Waals surface area contributed by atoms with Crippen LogP contribution in [0, 0.1) is 0 Å². The molecule has 0 spiro atoms. The van der Waals surface area contributed by atoms with Gasteiger partial charge in [-0.1, -0.05) is 28.1 Å². The number of anilines is 1. The molecule has 1 aliphatic heterocycles. The first-order valence-electron chi connectivity index (χ1n) is 8.21. The maximum Gasteiger partial charge on any atom is 0.240 e.